The first kappa shape index (κ1) is 24.9. The third-order valence-corrected chi connectivity index (χ3v) is 9.45. The second-order valence-electron chi connectivity index (χ2n) is 11.5. The molecule has 0 aliphatic carbocycles. The Kier molecular flexibility index (Phi) is 5.06. The molecule has 0 radical (unpaired) electrons. The summed E-state index contributed by atoms with van der Waals surface area (Å²) in [5.41, 5.74) is 2.58. The van der Waals surface area contributed by atoms with Crippen molar-refractivity contribution in [1.82, 2.24) is 4.90 Å². The van der Waals surface area contributed by atoms with E-state index in [1.807, 2.05) is 83.9 Å². The van der Waals surface area contributed by atoms with Crippen molar-refractivity contribution >= 4 is 40.2 Å². The van der Waals surface area contributed by atoms with Crippen LogP contribution in [0.25, 0.3) is 17.0 Å². The fraction of sp³-hybridized carbons (Fsp3) is 0.139. The number of hydrogen-bond acceptors (Lipinski definition) is 7. The number of carbonyl (C=O) groups is 3. The van der Waals surface area contributed by atoms with Crippen LogP contribution in [0.4, 0.5) is 5.69 Å². The molecule has 1 aromatic heterocycles. The van der Waals surface area contributed by atoms with E-state index in [2.05, 4.69) is 5.32 Å². The number of Topliss-reactive ketones (excluding diaryl/α,β-unsaturated/α-hetero) is 2. The molecule has 9 rings (SSSR count). The lowest BCUT2D eigenvalue weighted by Gasteiger charge is -2.38. The maximum Gasteiger partial charge on any atom is 0.238 e. The van der Waals surface area contributed by atoms with Crippen LogP contribution in [-0.4, -0.2) is 35.2 Å². The maximum atomic E-state index is 15.0. The van der Waals surface area contributed by atoms with Gasteiger partial charge in [-0.2, -0.15) is 0 Å². The van der Waals surface area contributed by atoms with Crippen LogP contribution in [0.1, 0.15) is 43.6 Å². The zero-order valence-corrected chi connectivity index (χ0v) is 23.2. The summed E-state index contributed by atoms with van der Waals surface area (Å²) in [5.74, 6) is -1.06. The number of amides is 1. The number of hydrogen-bond donors (Lipinski definition) is 1. The number of fused-ring (bicyclic) bond motifs is 8. The van der Waals surface area contributed by atoms with E-state index >= 15 is 4.79 Å². The lowest BCUT2D eigenvalue weighted by atomic mass is 9.63. The molecule has 4 aromatic carbocycles. The first-order valence-corrected chi connectivity index (χ1v) is 14.5. The molecule has 4 aliphatic rings. The van der Waals surface area contributed by atoms with Gasteiger partial charge in [-0.1, -0.05) is 60.7 Å². The van der Waals surface area contributed by atoms with Crippen molar-refractivity contribution < 1.29 is 28.3 Å². The van der Waals surface area contributed by atoms with Gasteiger partial charge in [-0.25, -0.2) is 0 Å². The normalized spacial score (nSPS) is 23.9. The highest BCUT2D eigenvalue weighted by molar-refractivity contribution is 6.16. The van der Waals surface area contributed by atoms with Gasteiger partial charge in [-0.3, -0.25) is 14.4 Å². The van der Waals surface area contributed by atoms with Crippen molar-refractivity contribution in [3.63, 3.8) is 0 Å². The standard InChI is InChI=1S/C36H24N2O6/c39-32(22-13-14-27-28(18-22)43-19-42-27)31-30(33(40)29-17-21-8-2-6-12-26(21)44-29)36(24-10-4-5-11-25(24)37-35(36)41)34-23-9-3-1-7-20(23)15-16-38(31)34/h1-18,30-31,34H,19H2,(H,37,41)/t30-,31+,34+,36+/m0/s1. The number of ketones is 2. The van der Waals surface area contributed by atoms with E-state index in [1.165, 1.54) is 0 Å². The lowest BCUT2D eigenvalue weighted by Crippen LogP contribution is -2.49. The Hall–Kier alpha value is -5.63. The summed E-state index contributed by atoms with van der Waals surface area (Å²) in [6.07, 6.45) is 3.79. The molecule has 4 aliphatic heterocycles. The Bertz CT molecular complexity index is 2060. The summed E-state index contributed by atoms with van der Waals surface area (Å²) in [6.45, 7) is 0.0668. The molecule has 1 saturated heterocycles. The molecule has 5 aromatic rings. The zero-order valence-electron chi connectivity index (χ0n) is 23.2. The molecular weight excluding hydrogens is 556 g/mol. The minimum Gasteiger partial charge on any atom is -0.454 e. The number of carbonyl (C=O) groups excluding carboxylic acids is 3. The number of benzene rings is 4. The van der Waals surface area contributed by atoms with Gasteiger partial charge in [-0.05, 0) is 59.2 Å². The molecule has 4 atom stereocenters. The van der Waals surface area contributed by atoms with E-state index in [0.29, 0.717) is 33.9 Å². The summed E-state index contributed by atoms with van der Waals surface area (Å²) < 4.78 is 17.2. The van der Waals surface area contributed by atoms with Crippen LogP contribution >= 0.6 is 0 Å². The van der Waals surface area contributed by atoms with E-state index in [1.54, 1.807) is 30.3 Å². The average Bonchev–Trinajstić information content (AvgIpc) is 3.83. The topological polar surface area (TPSA) is 98.1 Å². The minimum absolute atomic E-state index is 0.0668. The summed E-state index contributed by atoms with van der Waals surface area (Å²) in [4.78, 5) is 46.3. The molecule has 5 heterocycles. The van der Waals surface area contributed by atoms with Crippen LogP contribution in [0.5, 0.6) is 11.5 Å². The quantitative estimate of drug-likeness (QED) is 0.255. The highest BCUT2D eigenvalue weighted by Crippen LogP contribution is 2.62. The van der Waals surface area contributed by atoms with Gasteiger partial charge in [0.25, 0.3) is 0 Å². The summed E-state index contributed by atoms with van der Waals surface area (Å²) in [7, 11) is 0. The van der Waals surface area contributed by atoms with E-state index < -0.39 is 29.2 Å². The van der Waals surface area contributed by atoms with Crippen LogP contribution < -0.4 is 14.8 Å². The van der Waals surface area contributed by atoms with Crippen LogP contribution in [-0.2, 0) is 10.2 Å². The zero-order chi connectivity index (χ0) is 29.6. The minimum atomic E-state index is -1.44. The van der Waals surface area contributed by atoms with Crippen molar-refractivity contribution in [2.24, 2.45) is 5.92 Å². The third kappa shape index (κ3) is 3.19. The average molecular weight is 581 g/mol. The summed E-state index contributed by atoms with van der Waals surface area (Å²) in [6, 6.07) is 27.7. The fourth-order valence-corrected chi connectivity index (χ4v) is 7.64. The second kappa shape index (κ2) is 8.94. The first-order valence-electron chi connectivity index (χ1n) is 14.5. The summed E-state index contributed by atoms with van der Waals surface area (Å²) >= 11 is 0. The molecule has 0 saturated carbocycles. The van der Waals surface area contributed by atoms with Gasteiger partial charge >= 0.3 is 0 Å². The molecule has 44 heavy (non-hydrogen) atoms. The van der Waals surface area contributed by atoms with Crippen molar-refractivity contribution in [2.45, 2.75) is 17.5 Å². The number of nitrogens with one attached hydrogen (secondary N) is 1. The lowest BCUT2D eigenvalue weighted by molar-refractivity contribution is -0.122. The number of rotatable bonds is 4. The maximum absolute atomic E-state index is 15.0. The molecule has 1 fully saturated rings. The fourth-order valence-electron chi connectivity index (χ4n) is 7.64. The Morgan fingerprint density at radius 1 is 0.841 bits per heavy atom. The van der Waals surface area contributed by atoms with E-state index in [9.17, 15) is 9.59 Å². The Balaban J connectivity index is 1.32. The second-order valence-corrected chi connectivity index (χ2v) is 11.5. The highest BCUT2D eigenvalue weighted by atomic mass is 16.7. The van der Waals surface area contributed by atoms with Crippen LogP contribution in [0.2, 0.25) is 0 Å². The van der Waals surface area contributed by atoms with Gasteiger partial charge in [-0.15, -0.1) is 0 Å². The Morgan fingerprint density at radius 2 is 1.64 bits per heavy atom. The number of nitrogens with zero attached hydrogens (tertiary/aromatic N) is 1. The van der Waals surface area contributed by atoms with E-state index in [4.69, 9.17) is 13.9 Å². The SMILES string of the molecule is O=C(c1cc2ccccc2o1)[C@@H]1[C@H](C(=O)c2ccc3c(c2)OCO3)N2C=Cc3ccccc3[C@@H]2[C@]12C(=O)Nc1ccccc12. The first-order chi connectivity index (χ1) is 21.6. The van der Waals surface area contributed by atoms with Gasteiger partial charge in [0, 0.05) is 22.8 Å². The number of ether oxygens (including phenoxy) is 2. The van der Waals surface area contributed by atoms with Crippen molar-refractivity contribution in [1.29, 1.82) is 0 Å². The van der Waals surface area contributed by atoms with Gasteiger partial charge in [0.2, 0.25) is 18.5 Å². The molecule has 8 nitrogen and oxygen atoms in total. The predicted molar refractivity (Wildman–Crippen MR) is 162 cm³/mol. The van der Waals surface area contributed by atoms with Crippen molar-refractivity contribution in [3.05, 3.63) is 131 Å². The van der Waals surface area contributed by atoms with Crippen molar-refractivity contribution in [2.75, 3.05) is 12.1 Å². The Morgan fingerprint density at radius 3 is 2.55 bits per heavy atom. The number of para-hydroxylation sites is 2. The van der Waals surface area contributed by atoms with Crippen molar-refractivity contribution in [3.8, 4) is 11.5 Å². The highest BCUT2D eigenvalue weighted by Gasteiger charge is 2.71. The predicted octanol–water partition coefficient (Wildman–Crippen LogP) is 6.14. The monoisotopic (exact) mass is 580 g/mol. The van der Waals surface area contributed by atoms with E-state index in [-0.39, 0.29) is 24.2 Å². The molecule has 214 valence electrons. The van der Waals surface area contributed by atoms with Gasteiger partial charge < -0.3 is 24.1 Å². The van der Waals surface area contributed by atoms with Crippen LogP contribution in [0, 0.1) is 5.92 Å². The molecule has 1 spiro atoms. The Labute approximate surface area is 251 Å². The van der Waals surface area contributed by atoms with Crippen LogP contribution in [0.15, 0.2) is 108 Å². The van der Waals surface area contributed by atoms with Crippen LogP contribution in [0.3, 0.4) is 0 Å². The van der Waals surface area contributed by atoms with E-state index in [0.717, 1.165) is 16.5 Å². The number of anilines is 1. The summed E-state index contributed by atoms with van der Waals surface area (Å²) in [5, 5.41) is 3.83. The smallest absolute Gasteiger partial charge is 0.238 e. The molecule has 0 unspecified atom stereocenters. The largest absolute Gasteiger partial charge is 0.454 e. The molecular formula is C36H24N2O6. The third-order valence-electron chi connectivity index (χ3n) is 9.45. The number of furan rings is 1. The molecule has 0 bridgehead atoms. The molecule has 1 N–H and O–H groups in total. The molecule has 8 heteroatoms. The van der Waals surface area contributed by atoms with Gasteiger partial charge in [0.1, 0.15) is 17.0 Å². The molecule has 1 amide bonds. The van der Waals surface area contributed by atoms with Gasteiger partial charge in [0.15, 0.2) is 23.0 Å². The van der Waals surface area contributed by atoms with Gasteiger partial charge in [0.05, 0.1) is 12.0 Å².